The van der Waals surface area contributed by atoms with Gasteiger partial charge < -0.3 is 9.84 Å². The van der Waals surface area contributed by atoms with E-state index < -0.39 is 0 Å². The minimum atomic E-state index is -0.234. The third-order valence-corrected chi connectivity index (χ3v) is 2.02. The standard InChI is InChI=1S/C9H19NO2/c1-7(11)4-10-5-8(2)12-9(3)6-10/h7-9,11H,4-6H2,1-3H3/t7?,8-,9+. The summed E-state index contributed by atoms with van der Waals surface area (Å²) in [5, 5.41) is 9.19. The summed E-state index contributed by atoms with van der Waals surface area (Å²) in [6, 6.07) is 0. The number of aliphatic hydroxyl groups excluding tert-OH is 1. The van der Waals surface area contributed by atoms with Crippen LogP contribution in [-0.2, 0) is 4.74 Å². The maximum absolute atomic E-state index is 9.19. The van der Waals surface area contributed by atoms with Gasteiger partial charge in [0.15, 0.2) is 0 Å². The van der Waals surface area contributed by atoms with Crippen LogP contribution in [0.25, 0.3) is 0 Å². The molecule has 3 heteroatoms. The predicted octanol–water partition coefficient (Wildman–Crippen LogP) is 0.476. The van der Waals surface area contributed by atoms with Crippen LogP contribution in [0, 0.1) is 0 Å². The smallest absolute Gasteiger partial charge is 0.0678 e. The fraction of sp³-hybridized carbons (Fsp3) is 1.00. The molecule has 1 aliphatic rings. The van der Waals surface area contributed by atoms with Gasteiger partial charge in [-0.25, -0.2) is 0 Å². The van der Waals surface area contributed by atoms with E-state index in [-0.39, 0.29) is 6.10 Å². The number of hydrogen-bond donors (Lipinski definition) is 1. The molecule has 1 unspecified atom stereocenters. The maximum Gasteiger partial charge on any atom is 0.0678 e. The second-order valence-corrected chi connectivity index (χ2v) is 3.82. The van der Waals surface area contributed by atoms with Gasteiger partial charge in [-0.3, -0.25) is 4.90 Å². The van der Waals surface area contributed by atoms with Crippen molar-refractivity contribution in [2.45, 2.75) is 39.1 Å². The molecular formula is C9H19NO2. The van der Waals surface area contributed by atoms with Crippen molar-refractivity contribution >= 4 is 0 Å². The van der Waals surface area contributed by atoms with Crippen LogP contribution in [0.1, 0.15) is 20.8 Å². The van der Waals surface area contributed by atoms with Crippen LogP contribution < -0.4 is 0 Å². The lowest BCUT2D eigenvalue weighted by Gasteiger charge is -2.35. The number of morpholine rings is 1. The molecule has 72 valence electrons. The molecule has 0 aromatic carbocycles. The van der Waals surface area contributed by atoms with E-state index in [2.05, 4.69) is 18.7 Å². The summed E-state index contributed by atoms with van der Waals surface area (Å²) in [4.78, 5) is 2.25. The first kappa shape index (κ1) is 9.96. The van der Waals surface area contributed by atoms with Gasteiger partial charge in [0, 0.05) is 19.6 Å². The summed E-state index contributed by atoms with van der Waals surface area (Å²) in [6.07, 6.45) is 0.363. The van der Waals surface area contributed by atoms with Crippen molar-refractivity contribution in [1.29, 1.82) is 0 Å². The van der Waals surface area contributed by atoms with Crippen LogP contribution in [-0.4, -0.2) is 48.0 Å². The molecule has 12 heavy (non-hydrogen) atoms. The van der Waals surface area contributed by atoms with Gasteiger partial charge in [-0.2, -0.15) is 0 Å². The molecule has 1 saturated heterocycles. The van der Waals surface area contributed by atoms with Crippen molar-refractivity contribution in [3.63, 3.8) is 0 Å². The number of ether oxygens (including phenoxy) is 1. The summed E-state index contributed by atoms with van der Waals surface area (Å²) >= 11 is 0. The molecule has 0 aliphatic carbocycles. The molecule has 0 radical (unpaired) electrons. The van der Waals surface area contributed by atoms with Gasteiger partial charge in [0.05, 0.1) is 18.3 Å². The summed E-state index contributed by atoms with van der Waals surface area (Å²) in [5.41, 5.74) is 0. The summed E-state index contributed by atoms with van der Waals surface area (Å²) in [5.74, 6) is 0. The Morgan fingerprint density at radius 2 is 1.92 bits per heavy atom. The zero-order valence-electron chi connectivity index (χ0n) is 8.16. The minimum Gasteiger partial charge on any atom is -0.392 e. The number of nitrogens with zero attached hydrogens (tertiary/aromatic N) is 1. The Bertz CT molecular complexity index is 126. The average molecular weight is 173 g/mol. The molecule has 1 aliphatic heterocycles. The van der Waals surface area contributed by atoms with Crippen molar-refractivity contribution in [3.05, 3.63) is 0 Å². The lowest BCUT2D eigenvalue weighted by Crippen LogP contribution is -2.47. The van der Waals surface area contributed by atoms with Gasteiger partial charge >= 0.3 is 0 Å². The van der Waals surface area contributed by atoms with Crippen molar-refractivity contribution in [2.75, 3.05) is 19.6 Å². The van der Waals surface area contributed by atoms with Crippen LogP contribution in [0.4, 0.5) is 0 Å². The Hall–Kier alpha value is -0.120. The number of rotatable bonds is 2. The fourth-order valence-corrected chi connectivity index (χ4v) is 1.81. The molecule has 3 nitrogen and oxygen atoms in total. The molecule has 1 heterocycles. The second kappa shape index (κ2) is 4.21. The van der Waals surface area contributed by atoms with Crippen LogP contribution in [0.15, 0.2) is 0 Å². The first-order valence-corrected chi connectivity index (χ1v) is 4.64. The molecule has 0 aromatic heterocycles. The molecule has 0 bridgehead atoms. The first-order valence-electron chi connectivity index (χ1n) is 4.64. The summed E-state index contributed by atoms with van der Waals surface area (Å²) in [6.45, 7) is 8.61. The van der Waals surface area contributed by atoms with E-state index in [9.17, 15) is 5.11 Å². The summed E-state index contributed by atoms with van der Waals surface area (Å²) < 4.78 is 5.57. The van der Waals surface area contributed by atoms with E-state index in [4.69, 9.17) is 4.74 Å². The Kier molecular flexibility index (Phi) is 3.50. The number of hydrogen-bond acceptors (Lipinski definition) is 3. The monoisotopic (exact) mass is 173 g/mol. The van der Waals surface area contributed by atoms with Gasteiger partial charge in [0.2, 0.25) is 0 Å². The van der Waals surface area contributed by atoms with Crippen LogP contribution in [0.2, 0.25) is 0 Å². The molecule has 0 aromatic rings. The molecule has 1 rings (SSSR count). The largest absolute Gasteiger partial charge is 0.392 e. The highest BCUT2D eigenvalue weighted by molar-refractivity contribution is 4.73. The third-order valence-electron chi connectivity index (χ3n) is 2.02. The van der Waals surface area contributed by atoms with Crippen molar-refractivity contribution in [3.8, 4) is 0 Å². The molecule has 0 saturated carbocycles. The van der Waals surface area contributed by atoms with Gasteiger partial charge in [0.1, 0.15) is 0 Å². The molecule has 1 fully saturated rings. The van der Waals surface area contributed by atoms with Crippen LogP contribution >= 0.6 is 0 Å². The van der Waals surface area contributed by atoms with E-state index in [1.807, 2.05) is 6.92 Å². The van der Waals surface area contributed by atoms with Gasteiger partial charge in [0.25, 0.3) is 0 Å². The Morgan fingerprint density at radius 1 is 1.42 bits per heavy atom. The lowest BCUT2D eigenvalue weighted by molar-refractivity contribution is -0.0752. The lowest BCUT2D eigenvalue weighted by atomic mass is 10.2. The minimum absolute atomic E-state index is 0.234. The molecule has 3 atom stereocenters. The number of aliphatic hydroxyl groups is 1. The van der Waals surface area contributed by atoms with Gasteiger partial charge in [-0.05, 0) is 20.8 Å². The van der Waals surface area contributed by atoms with Crippen LogP contribution in [0.5, 0.6) is 0 Å². The zero-order valence-corrected chi connectivity index (χ0v) is 8.16. The highest BCUT2D eigenvalue weighted by atomic mass is 16.5. The maximum atomic E-state index is 9.19. The summed E-state index contributed by atoms with van der Waals surface area (Å²) in [7, 11) is 0. The fourth-order valence-electron chi connectivity index (χ4n) is 1.81. The van der Waals surface area contributed by atoms with E-state index in [0.717, 1.165) is 19.6 Å². The van der Waals surface area contributed by atoms with Crippen molar-refractivity contribution in [1.82, 2.24) is 4.90 Å². The SMILES string of the molecule is CC(O)CN1C[C@@H](C)O[C@@H](C)C1. The Morgan fingerprint density at radius 3 is 2.33 bits per heavy atom. The number of β-amino-alcohol motifs (C(OH)–C–C–N with tert-alkyl or cyclic N) is 1. The highest BCUT2D eigenvalue weighted by Crippen LogP contribution is 2.10. The van der Waals surface area contributed by atoms with Gasteiger partial charge in [-0.1, -0.05) is 0 Å². The quantitative estimate of drug-likeness (QED) is 0.659. The highest BCUT2D eigenvalue weighted by Gasteiger charge is 2.22. The Balaban J connectivity index is 2.34. The van der Waals surface area contributed by atoms with E-state index in [1.54, 1.807) is 0 Å². The normalized spacial score (nSPS) is 35.0. The van der Waals surface area contributed by atoms with Gasteiger partial charge in [-0.15, -0.1) is 0 Å². The second-order valence-electron chi connectivity index (χ2n) is 3.82. The molecule has 0 amide bonds. The van der Waals surface area contributed by atoms with Crippen molar-refractivity contribution < 1.29 is 9.84 Å². The van der Waals surface area contributed by atoms with E-state index in [0.29, 0.717) is 12.2 Å². The average Bonchev–Trinajstić information content (AvgIpc) is 1.81. The first-order chi connectivity index (χ1) is 5.58. The van der Waals surface area contributed by atoms with E-state index in [1.165, 1.54) is 0 Å². The zero-order chi connectivity index (χ0) is 9.14. The predicted molar refractivity (Wildman–Crippen MR) is 48.1 cm³/mol. The molecular weight excluding hydrogens is 154 g/mol. The Labute approximate surface area is 74.3 Å². The van der Waals surface area contributed by atoms with Crippen molar-refractivity contribution in [2.24, 2.45) is 0 Å². The van der Waals surface area contributed by atoms with Crippen LogP contribution in [0.3, 0.4) is 0 Å². The molecule has 1 N–H and O–H groups in total. The topological polar surface area (TPSA) is 32.7 Å². The molecule has 0 spiro atoms. The van der Waals surface area contributed by atoms with E-state index >= 15 is 0 Å². The third kappa shape index (κ3) is 3.09.